The highest BCUT2D eigenvalue weighted by Gasteiger charge is 2.15. The van der Waals surface area contributed by atoms with Gasteiger partial charge in [0.25, 0.3) is 5.91 Å². The molecule has 0 aromatic carbocycles. The molecule has 0 unspecified atom stereocenters. The van der Waals surface area contributed by atoms with Crippen LogP contribution in [0.1, 0.15) is 43.0 Å². The summed E-state index contributed by atoms with van der Waals surface area (Å²) in [6, 6.07) is 3.61. The van der Waals surface area contributed by atoms with Gasteiger partial charge >= 0.3 is 0 Å². The van der Waals surface area contributed by atoms with Gasteiger partial charge in [0.15, 0.2) is 0 Å². The summed E-state index contributed by atoms with van der Waals surface area (Å²) in [5.74, 6) is 0.662. The molecular weight excluding hydrogens is 238 g/mol. The quantitative estimate of drug-likeness (QED) is 0.817. The fraction of sp³-hybridized carbons (Fsp3) is 0.467. The van der Waals surface area contributed by atoms with Crippen molar-refractivity contribution in [3.05, 3.63) is 35.5 Å². The fourth-order valence-electron chi connectivity index (χ4n) is 2.34. The van der Waals surface area contributed by atoms with Gasteiger partial charge in [-0.05, 0) is 44.7 Å². The second-order valence-corrected chi connectivity index (χ2v) is 4.90. The predicted molar refractivity (Wildman–Crippen MR) is 77.3 cm³/mol. The summed E-state index contributed by atoms with van der Waals surface area (Å²) in [6.45, 7) is 2.05. The van der Waals surface area contributed by atoms with E-state index in [0.717, 1.165) is 12.8 Å². The molecule has 1 aromatic heterocycles. The van der Waals surface area contributed by atoms with Crippen LogP contribution in [0.4, 0.5) is 5.82 Å². The van der Waals surface area contributed by atoms with E-state index in [2.05, 4.69) is 28.6 Å². The molecule has 4 nitrogen and oxygen atoms in total. The van der Waals surface area contributed by atoms with Crippen molar-refractivity contribution in [2.45, 2.75) is 38.6 Å². The van der Waals surface area contributed by atoms with Crippen molar-refractivity contribution in [1.82, 2.24) is 10.3 Å². The standard InChI is InChI=1S/C15H21N3O/c1-11(12-6-4-3-5-7-12)18-15(19)13-8-9-17-14(10-13)16-2/h6,8-11H,3-5,7H2,1-2H3,(H,16,17)(H,18,19)/t11-/m1/s1. The third-order valence-corrected chi connectivity index (χ3v) is 3.51. The zero-order chi connectivity index (χ0) is 13.7. The van der Waals surface area contributed by atoms with Crippen molar-refractivity contribution in [3.63, 3.8) is 0 Å². The number of amides is 1. The van der Waals surface area contributed by atoms with Crippen LogP contribution in [0.3, 0.4) is 0 Å². The van der Waals surface area contributed by atoms with Crippen molar-refractivity contribution in [3.8, 4) is 0 Å². The number of carbonyl (C=O) groups excluding carboxylic acids is 1. The highest BCUT2D eigenvalue weighted by molar-refractivity contribution is 5.95. The van der Waals surface area contributed by atoms with Crippen LogP contribution >= 0.6 is 0 Å². The highest BCUT2D eigenvalue weighted by atomic mass is 16.1. The lowest BCUT2D eigenvalue weighted by molar-refractivity contribution is 0.0944. The summed E-state index contributed by atoms with van der Waals surface area (Å²) in [4.78, 5) is 16.3. The highest BCUT2D eigenvalue weighted by Crippen LogP contribution is 2.20. The zero-order valence-corrected chi connectivity index (χ0v) is 11.6. The van der Waals surface area contributed by atoms with Gasteiger partial charge in [0.05, 0.1) is 0 Å². The lowest BCUT2D eigenvalue weighted by Crippen LogP contribution is -2.34. The minimum Gasteiger partial charge on any atom is -0.373 e. The van der Waals surface area contributed by atoms with E-state index in [1.807, 2.05) is 0 Å². The largest absolute Gasteiger partial charge is 0.373 e. The summed E-state index contributed by atoms with van der Waals surface area (Å²) >= 11 is 0. The number of anilines is 1. The Labute approximate surface area is 114 Å². The normalized spacial score (nSPS) is 16.4. The summed E-state index contributed by atoms with van der Waals surface area (Å²) in [5.41, 5.74) is 1.99. The maximum absolute atomic E-state index is 12.2. The van der Waals surface area contributed by atoms with Crippen LogP contribution in [0, 0.1) is 0 Å². The third kappa shape index (κ3) is 3.56. The first-order chi connectivity index (χ1) is 9.20. The number of aromatic nitrogens is 1. The Morgan fingerprint density at radius 3 is 2.95 bits per heavy atom. The van der Waals surface area contributed by atoms with Gasteiger partial charge in [0, 0.05) is 24.8 Å². The van der Waals surface area contributed by atoms with Crippen LogP contribution in [0.25, 0.3) is 0 Å². The monoisotopic (exact) mass is 259 g/mol. The van der Waals surface area contributed by atoms with Gasteiger partial charge in [-0.2, -0.15) is 0 Å². The number of nitrogens with one attached hydrogen (secondary N) is 2. The van der Waals surface area contributed by atoms with Crippen molar-refractivity contribution in [2.75, 3.05) is 12.4 Å². The van der Waals surface area contributed by atoms with Crippen LogP contribution in [-0.4, -0.2) is 24.0 Å². The average molecular weight is 259 g/mol. The molecule has 0 saturated carbocycles. The summed E-state index contributed by atoms with van der Waals surface area (Å²) in [5, 5.41) is 5.99. The Bertz CT molecular complexity index is 482. The number of pyridine rings is 1. The molecular formula is C15H21N3O. The SMILES string of the molecule is CNc1cc(C(=O)N[C@H](C)C2=CCCCC2)ccn1. The van der Waals surface area contributed by atoms with Crippen LogP contribution in [0.2, 0.25) is 0 Å². The van der Waals surface area contributed by atoms with E-state index in [1.54, 1.807) is 25.4 Å². The lowest BCUT2D eigenvalue weighted by Gasteiger charge is -2.21. The molecule has 0 aliphatic heterocycles. The van der Waals surface area contributed by atoms with Crippen LogP contribution in [0.15, 0.2) is 30.0 Å². The number of carbonyl (C=O) groups is 1. The molecule has 2 N–H and O–H groups in total. The van der Waals surface area contributed by atoms with E-state index in [0.29, 0.717) is 11.4 Å². The molecule has 1 atom stereocenters. The van der Waals surface area contributed by atoms with Gasteiger partial charge < -0.3 is 10.6 Å². The Balaban J connectivity index is 2.01. The molecule has 0 radical (unpaired) electrons. The van der Waals surface area contributed by atoms with E-state index >= 15 is 0 Å². The van der Waals surface area contributed by atoms with E-state index in [9.17, 15) is 4.79 Å². The first kappa shape index (κ1) is 13.6. The van der Waals surface area contributed by atoms with Crippen molar-refractivity contribution >= 4 is 11.7 Å². The number of allylic oxidation sites excluding steroid dienone is 1. The van der Waals surface area contributed by atoms with E-state index in [1.165, 1.54) is 18.4 Å². The molecule has 0 fully saturated rings. The Hall–Kier alpha value is -1.84. The molecule has 1 heterocycles. The van der Waals surface area contributed by atoms with E-state index in [4.69, 9.17) is 0 Å². The van der Waals surface area contributed by atoms with Crippen molar-refractivity contribution < 1.29 is 4.79 Å². The first-order valence-electron chi connectivity index (χ1n) is 6.84. The molecule has 0 spiro atoms. The Morgan fingerprint density at radius 1 is 1.42 bits per heavy atom. The number of nitrogens with zero attached hydrogens (tertiary/aromatic N) is 1. The Kier molecular flexibility index (Phi) is 4.55. The van der Waals surface area contributed by atoms with Crippen molar-refractivity contribution in [1.29, 1.82) is 0 Å². The van der Waals surface area contributed by atoms with Gasteiger partial charge in [-0.3, -0.25) is 4.79 Å². The second-order valence-electron chi connectivity index (χ2n) is 4.90. The summed E-state index contributed by atoms with van der Waals surface area (Å²) < 4.78 is 0. The maximum Gasteiger partial charge on any atom is 0.251 e. The van der Waals surface area contributed by atoms with Gasteiger partial charge in [0.1, 0.15) is 5.82 Å². The molecule has 1 aromatic rings. The molecule has 0 bridgehead atoms. The average Bonchev–Trinajstić information content (AvgIpc) is 2.48. The van der Waals surface area contributed by atoms with E-state index < -0.39 is 0 Å². The molecule has 1 aliphatic carbocycles. The molecule has 4 heteroatoms. The van der Waals surface area contributed by atoms with E-state index in [-0.39, 0.29) is 11.9 Å². The fourth-order valence-corrected chi connectivity index (χ4v) is 2.34. The molecule has 102 valence electrons. The topological polar surface area (TPSA) is 54.0 Å². The van der Waals surface area contributed by atoms with Gasteiger partial charge in [-0.1, -0.05) is 11.6 Å². The predicted octanol–water partition coefficient (Wildman–Crippen LogP) is 2.74. The number of rotatable bonds is 4. The molecule has 19 heavy (non-hydrogen) atoms. The van der Waals surface area contributed by atoms with Crippen molar-refractivity contribution in [2.24, 2.45) is 0 Å². The minimum atomic E-state index is -0.0436. The summed E-state index contributed by atoms with van der Waals surface area (Å²) in [7, 11) is 1.79. The van der Waals surface area contributed by atoms with Crippen LogP contribution in [-0.2, 0) is 0 Å². The van der Waals surface area contributed by atoms with Gasteiger partial charge in [-0.25, -0.2) is 4.98 Å². The molecule has 0 saturated heterocycles. The maximum atomic E-state index is 12.2. The third-order valence-electron chi connectivity index (χ3n) is 3.51. The Morgan fingerprint density at radius 2 is 2.26 bits per heavy atom. The van der Waals surface area contributed by atoms with Crippen LogP contribution in [0.5, 0.6) is 0 Å². The zero-order valence-electron chi connectivity index (χ0n) is 11.6. The van der Waals surface area contributed by atoms with Crippen LogP contribution < -0.4 is 10.6 Å². The lowest BCUT2D eigenvalue weighted by atomic mass is 9.94. The molecule has 2 rings (SSSR count). The van der Waals surface area contributed by atoms with Gasteiger partial charge in [0.2, 0.25) is 0 Å². The first-order valence-corrected chi connectivity index (χ1v) is 6.84. The minimum absolute atomic E-state index is 0.0436. The number of hydrogen-bond donors (Lipinski definition) is 2. The smallest absolute Gasteiger partial charge is 0.251 e. The number of hydrogen-bond acceptors (Lipinski definition) is 3. The second kappa shape index (κ2) is 6.36. The summed E-state index contributed by atoms with van der Waals surface area (Å²) in [6.07, 6.45) is 8.63. The molecule has 1 amide bonds. The molecule has 1 aliphatic rings. The van der Waals surface area contributed by atoms with Gasteiger partial charge in [-0.15, -0.1) is 0 Å².